The van der Waals surface area contributed by atoms with Gasteiger partial charge in [0, 0.05) is 10.2 Å². The number of halogens is 1. The van der Waals surface area contributed by atoms with E-state index in [1.54, 1.807) is 0 Å². The molecule has 2 nitrogen and oxygen atoms in total. The lowest BCUT2D eigenvalue weighted by atomic mass is 10.1. The van der Waals surface area contributed by atoms with E-state index in [4.69, 9.17) is 12.2 Å². The maximum Gasteiger partial charge on any atom is 0.182 e. The summed E-state index contributed by atoms with van der Waals surface area (Å²) in [5.74, 6) is 0. The van der Waals surface area contributed by atoms with Crippen molar-refractivity contribution < 1.29 is 0 Å². The Morgan fingerprint density at radius 3 is 2.62 bits per heavy atom. The Balaban J connectivity index is 2.05. The zero-order valence-corrected chi connectivity index (χ0v) is 14.3. The zero-order valence-electron chi connectivity index (χ0n) is 11.9. The third-order valence-corrected chi connectivity index (χ3v) is 4.44. The van der Waals surface area contributed by atoms with Gasteiger partial charge < -0.3 is 4.98 Å². The van der Waals surface area contributed by atoms with Gasteiger partial charge in [-0.25, -0.2) is 0 Å². The number of imidazole rings is 1. The fraction of sp³-hybridized carbons (Fsp3) is 0.235. The number of hydrogen-bond acceptors (Lipinski definition) is 1. The summed E-state index contributed by atoms with van der Waals surface area (Å²) in [5, 5.41) is 0. The highest BCUT2D eigenvalue weighted by atomic mass is 79.9. The second-order valence-corrected chi connectivity index (χ2v) is 6.50. The van der Waals surface area contributed by atoms with Crippen molar-refractivity contribution in [2.24, 2.45) is 0 Å². The highest BCUT2D eigenvalue weighted by Gasteiger charge is 2.07. The van der Waals surface area contributed by atoms with E-state index < -0.39 is 0 Å². The molecule has 0 bridgehead atoms. The van der Waals surface area contributed by atoms with Gasteiger partial charge in [-0.15, -0.1) is 0 Å². The maximum absolute atomic E-state index is 5.47. The number of nitrogens with zero attached hydrogens (tertiary/aromatic N) is 1. The summed E-state index contributed by atoms with van der Waals surface area (Å²) in [6.07, 6.45) is 3.60. The number of benzene rings is 2. The molecule has 3 aromatic rings. The SMILES string of the molecule is CCCCc1ccc(-n2c(=S)[nH]c3ccc(Br)cc32)cc1. The Morgan fingerprint density at radius 2 is 1.90 bits per heavy atom. The molecule has 0 saturated carbocycles. The van der Waals surface area contributed by atoms with Crippen LogP contribution in [-0.4, -0.2) is 9.55 Å². The van der Waals surface area contributed by atoms with Gasteiger partial charge in [-0.2, -0.15) is 0 Å². The lowest BCUT2D eigenvalue weighted by molar-refractivity contribution is 0.795. The normalized spacial score (nSPS) is 11.1. The quantitative estimate of drug-likeness (QED) is 0.583. The van der Waals surface area contributed by atoms with Crippen LogP contribution in [0.25, 0.3) is 16.7 Å². The molecule has 4 heteroatoms. The van der Waals surface area contributed by atoms with Gasteiger partial charge in [0.25, 0.3) is 0 Å². The smallest absolute Gasteiger partial charge is 0.182 e. The Labute approximate surface area is 137 Å². The van der Waals surface area contributed by atoms with Crippen molar-refractivity contribution in [2.45, 2.75) is 26.2 Å². The molecule has 3 rings (SSSR count). The van der Waals surface area contributed by atoms with Gasteiger partial charge in [0.1, 0.15) is 0 Å². The topological polar surface area (TPSA) is 20.7 Å². The second kappa shape index (κ2) is 6.16. The Morgan fingerprint density at radius 1 is 1.14 bits per heavy atom. The molecule has 0 spiro atoms. The van der Waals surface area contributed by atoms with Gasteiger partial charge in [-0.3, -0.25) is 4.57 Å². The number of hydrogen-bond donors (Lipinski definition) is 1. The van der Waals surface area contributed by atoms with Crippen LogP contribution in [0, 0.1) is 4.77 Å². The molecule has 0 amide bonds. The molecule has 0 aliphatic heterocycles. The molecule has 0 fully saturated rings. The van der Waals surface area contributed by atoms with Crippen LogP contribution in [0.3, 0.4) is 0 Å². The monoisotopic (exact) mass is 360 g/mol. The number of aryl methyl sites for hydroxylation is 1. The van der Waals surface area contributed by atoms with E-state index in [2.05, 4.69) is 62.7 Å². The highest BCUT2D eigenvalue weighted by molar-refractivity contribution is 9.10. The summed E-state index contributed by atoms with van der Waals surface area (Å²) in [6, 6.07) is 14.8. The molecule has 1 aromatic heterocycles. The summed E-state index contributed by atoms with van der Waals surface area (Å²) < 4.78 is 3.86. The molecule has 1 N–H and O–H groups in total. The van der Waals surface area contributed by atoms with Crippen molar-refractivity contribution in [1.29, 1.82) is 0 Å². The van der Waals surface area contributed by atoms with E-state index in [0.29, 0.717) is 0 Å². The average molecular weight is 361 g/mol. The van der Waals surface area contributed by atoms with Gasteiger partial charge >= 0.3 is 0 Å². The summed E-state index contributed by atoms with van der Waals surface area (Å²) in [7, 11) is 0. The number of rotatable bonds is 4. The summed E-state index contributed by atoms with van der Waals surface area (Å²) >= 11 is 9.00. The standard InChI is InChI=1S/C17H17BrN2S/c1-2-3-4-12-5-8-14(9-6-12)20-16-11-13(18)7-10-15(16)19-17(20)21/h5-11H,2-4H2,1H3,(H,19,21). The third-order valence-electron chi connectivity index (χ3n) is 3.66. The molecule has 0 saturated heterocycles. The molecule has 0 atom stereocenters. The van der Waals surface area contributed by atoms with Crippen molar-refractivity contribution in [3.05, 3.63) is 57.3 Å². The first kappa shape index (κ1) is 14.5. The van der Waals surface area contributed by atoms with E-state index in [-0.39, 0.29) is 0 Å². The lowest BCUT2D eigenvalue weighted by Crippen LogP contribution is -1.94. The van der Waals surface area contributed by atoms with Crippen molar-refractivity contribution in [3.63, 3.8) is 0 Å². The molecule has 0 unspecified atom stereocenters. The van der Waals surface area contributed by atoms with Gasteiger partial charge in [-0.05, 0) is 61.0 Å². The molecule has 0 radical (unpaired) electrons. The second-order valence-electron chi connectivity index (χ2n) is 5.20. The third kappa shape index (κ3) is 2.97. The summed E-state index contributed by atoms with van der Waals surface area (Å²) in [6.45, 7) is 2.22. The first-order valence-corrected chi connectivity index (χ1v) is 8.39. The number of aromatic nitrogens is 2. The van der Waals surface area contributed by atoms with Gasteiger partial charge in [0.05, 0.1) is 11.0 Å². The minimum Gasteiger partial charge on any atom is -0.330 e. The summed E-state index contributed by atoms with van der Waals surface area (Å²) in [4.78, 5) is 3.26. The van der Waals surface area contributed by atoms with Crippen LogP contribution in [0.5, 0.6) is 0 Å². The Kier molecular flexibility index (Phi) is 4.27. The van der Waals surface area contributed by atoms with Crippen molar-refractivity contribution in [1.82, 2.24) is 9.55 Å². The van der Waals surface area contributed by atoms with Gasteiger partial charge in [0.15, 0.2) is 4.77 Å². The lowest BCUT2D eigenvalue weighted by Gasteiger charge is -2.06. The van der Waals surface area contributed by atoms with Crippen molar-refractivity contribution >= 4 is 39.2 Å². The number of H-pyrrole nitrogens is 1. The van der Waals surface area contributed by atoms with Gasteiger partial charge in [0.2, 0.25) is 0 Å². The Hall–Kier alpha value is -1.39. The van der Waals surface area contributed by atoms with Gasteiger partial charge in [-0.1, -0.05) is 41.4 Å². The fourth-order valence-electron chi connectivity index (χ4n) is 2.52. The molecule has 2 aromatic carbocycles. The van der Waals surface area contributed by atoms with Crippen molar-refractivity contribution in [2.75, 3.05) is 0 Å². The average Bonchev–Trinajstić information content (AvgIpc) is 2.81. The van der Waals surface area contributed by atoms with Crippen molar-refractivity contribution in [3.8, 4) is 5.69 Å². The summed E-state index contributed by atoms with van der Waals surface area (Å²) in [5.41, 5.74) is 4.63. The molecule has 0 aliphatic rings. The van der Waals surface area contributed by atoms with Crippen LogP contribution >= 0.6 is 28.1 Å². The van der Waals surface area contributed by atoms with Crippen LogP contribution in [0.4, 0.5) is 0 Å². The molecular formula is C17H17BrN2S. The largest absolute Gasteiger partial charge is 0.330 e. The van der Waals surface area contributed by atoms with Crippen LogP contribution in [-0.2, 0) is 6.42 Å². The first-order chi connectivity index (χ1) is 10.2. The Bertz CT molecular complexity index is 815. The van der Waals surface area contributed by atoms with E-state index in [1.165, 1.54) is 18.4 Å². The molecule has 0 aliphatic carbocycles. The number of fused-ring (bicyclic) bond motifs is 1. The van der Waals surface area contributed by atoms with Crippen LogP contribution in [0.2, 0.25) is 0 Å². The van der Waals surface area contributed by atoms with E-state index >= 15 is 0 Å². The van der Waals surface area contributed by atoms with Crippen LogP contribution in [0.15, 0.2) is 46.9 Å². The van der Waals surface area contributed by atoms with Crippen LogP contribution in [0.1, 0.15) is 25.3 Å². The fourth-order valence-corrected chi connectivity index (χ4v) is 3.19. The molecule has 1 heterocycles. The van der Waals surface area contributed by atoms with E-state index in [9.17, 15) is 0 Å². The molecule has 21 heavy (non-hydrogen) atoms. The molecule has 108 valence electrons. The predicted octanol–water partition coefficient (Wildman–Crippen LogP) is 5.79. The number of unbranched alkanes of at least 4 members (excludes halogenated alkanes) is 1. The maximum atomic E-state index is 5.47. The highest BCUT2D eigenvalue weighted by Crippen LogP contribution is 2.23. The number of aromatic amines is 1. The number of nitrogens with one attached hydrogen (secondary N) is 1. The first-order valence-electron chi connectivity index (χ1n) is 7.18. The minimum absolute atomic E-state index is 0.726. The zero-order chi connectivity index (χ0) is 14.8. The van der Waals surface area contributed by atoms with Crippen LogP contribution < -0.4 is 0 Å². The predicted molar refractivity (Wildman–Crippen MR) is 94.8 cm³/mol. The van der Waals surface area contributed by atoms with E-state index in [1.807, 2.05) is 12.1 Å². The van der Waals surface area contributed by atoms with E-state index in [0.717, 1.165) is 32.4 Å². The minimum atomic E-state index is 0.726. The molecular weight excluding hydrogens is 344 g/mol.